The summed E-state index contributed by atoms with van der Waals surface area (Å²) in [7, 11) is 0. The monoisotopic (exact) mass is 424 g/mol. The van der Waals surface area contributed by atoms with Gasteiger partial charge in [-0.3, -0.25) is 14.4 Å². The van der Waals surface area contributed by atoms with Gasteiger partial charge in [0.1, 0.15) is 11.8 Å². The van der Waals surface area contributed by atoms with Gasteiger partial charge in [0.2, 0.25) is 5.91 Å². The lowest BCUT2D eigenvalue weighted by molar-refractivity contribution is -0.147. The van der Waals surface area contributed by atoms with E-state index in [1.807, 2.05) is 37.3 Å². The summed E-state index contributed by atoms with van der Waals surface area (Å²) in [6.45, 7) is 3.30. The molecule has 2 aromatic carbocycles. The van der Waals surface area contributed by atoms with Crippen molar-refractivity contribution in [3.8, 4) is 5.75 Å². The van der Waals surface area contributed by atoms with Gasteiger partial charge >= 0.3 is 5.97 Å². The van der Waals surface area contributed by atoms with E-state index in [4.69, 9.17) is 9.47 Å². The Labute approximate surface area is 182 Å². The van der Waals surface area contributed by atoms with Crippen LogP contribution in [0.3, 0.4) is 0 Å². The van der Waals surface area contributed by atoms with Crippen LogP contribution in [0.15, 0.2) is 54.6 Å². The third-order valence-electron chi connectivity index (χ3n) is 5.06. The van der Waals surface area contributed by atoms with Crippen molar-refractivity contribution in [1.29, 1.82) is 0 Å². The van der Waals surface area contributed by atoms with Gasteiger partial charge in [-0.1, -0.05) is 36.4 Å². The van der Waals surface area contributed by atoms with Crippen LogP contribution in [0.2, 0.25) is 0 Å². The number of piperazine rings is 1. The number of amides is 2. The van der Waals surface area contributed by atoms with Gasteiger partial charge in [0.25, 0.3) is 5.91 Å². The average Bonchev–Trinajstić information content (AvgIpc) is 2.79. The second-order valence-corrected chi connectivity index (χ2v) is 7.28. The molecule has 1 aliphatic heterocycles. The minimum absolute atomic E-state index is 0.173. The van der Waals surface area contributed by atoms with Crippen LogP contribution in [0, 0.1) is 0 Å². The summed E-state index contributed by atoms with van der Waals surface area (Å²) < 4.78 is 10.8. The molecule has 1 fully saturated rings. The van der Waals surface area contributed by atoms with Crippen molar-refractivity contribution in [2.24, 2.45) is 0 Å². The van der Waals surface area contributed by atoms with Crippen LogP contribution in [0.4, 0.5) is 0 Å². The van der Waals surface area contributed by atoms with Gasteiger partial charge in [0.05, 0.1) is 19.6 Å². The molecule has 0 unspecified atom stereocenters. The molecule has 7 nitrogen and oxygen atoms in total. The largest absolute Gasteiger partial charge is 0.494 e. The number of carbonyl (C=O) groups is 3. The highest BCUT2D eigenvalue weighted by Gasteiger charge is 2.35. The summed E-state index contributed by atoms with van der Waals surface area (Å²) in [6, 6.07) is 15.9. The third kappa shape index (κ3) is 6.31. The molecule has 3 rings (SSSR count). The molecule has 0 saturated carbocycles. The fraction of sp³-hybridized carbons (Fsp3) is 0.375. The van der Waals surface area contributed by atoms with Gasteiger partial charge < -0.3 is 19.7 Å². The standard InChI is InChI=1S/C24H28N2O5/c1-2-30-20-12-6-11-19(16-20)24(29)26-14-13-25-23(28)21(26)17-22(27)31-15-7-10-18-8-4-3-5-9-18/h3-6,8-9,11-12,16,21H,2,7,10,13-15,17H2,1H3,(H,25,28)/t21-/m0/s1. The van der Waals surface area contributed by atoms with Crippen molar-refractivity contribution in [2.45, 2.75) is 32.2 Å². The molecule has 31 heavy (non-hydrogen) atoms. The highest BCUT2D eigenvalue weighted by molar-refractivity contribution is 5.99. The van der Waals surface area contributed by atoms with E-state index in [1.165, 1.54) is 10.5 Å². The zero-order valence-electron chi connectivity index (χ0n) is 17.7. The number of nitrogens with one attached hydrogen (secondary N) is 1. The van der Waals surface area contributed by atoms with Crippen LogP contribution in [-0.4, -0.2) is 55.0 Å². The third-order valence-corrected chi connectivity index (χ3v) is 5.06. The Balaban J connectivity index is 1.57. The Morgan fingerprint density at radius 2 is 1.94 bits per heavy atom. The molecule has 0 bridgehead atoms. The van der Waals surface area contributed by atoms with E-state index in [0.717, 1.165) is 6.42 Å². The van der Waals surface area contributed by atoms with Crippen LogP contribution in [0.1, 0.15) is 35.7 Å². The molecule has 1 atom stereocenters. The molecular weight excluding hydrogens is 396 g/mol. The van der Waals surface area contributed by atoms with Crippen LogP contribution in [0.25, 0.3) is 0 Å². The van der Waals surface area contributed by atoms with E-state index >= 15 is 0 Å². The summed E-state index contributed by atoms with van der Waals surface area (Å²) in [6.07, 6.45) is 1.33. The molecule has 164 valence electrons. The second kappa shape index (κ2) is 11.2. The minimum atomic E-state index is -0.890. The van der Waals surface area contributed by atoms with E-state index in [9.17, 15) is 14.4 Å². The van der Waals surface area contributed by atoms with E-state index < -0.39 is 12.0 Å². The first-order valence-corrected chi connectivity index (χ1v) is 10.6. The normalized spacial score (nSPS) is 15.8. The maximum Gasteiger partial charge on any atom is 0.308 e. The maximum absolute atomic E-state index is 13.0. The Morgan fingerprint density at radius 1 is 1.13 bits per heavy atom. The predicted molar refractivity (Wildman–Crippen MR) is 116 cm³/mol. The SMILES string of the molecule is CCOc1cccc(C(=O)N2CCNC(=O)[C@@H]2CC(=O)OCCCc2ccccc2)c1. The lowest BCUT2D eigenvalue weighted by atomic mass is 10.1. The van der Waals surface area contributed by atoms with Crippen molar-refractivity contribution < 1.29 is 23.9 Å². The van der Waals surface area contributed by atoms with Crippen molar-refractivity contribution in [2.75, 3.05) is 26.3 Å². The molecule has 1 N–H and O–H groups in total. The number of hydrogen-bond acceptors (Lipinski definition) is 5. The number of esters is 1. The molecule has 0 aliphatic carbocycles. The number of aryl methyl sites for hydroxylation is 1. The molecule has 1 heterocycles. The number of nitrogens with zero attached hydrogens (tertiary/aromatic N) is 1. The van der Waals surface area contributed by atoms with Crippen LogP contribution in [-0.2, 0) is 20.7 Å². The van der Waals surface area contributed by atoms with Crippen molar-refractivity contribution in [1.82, 2.24) is 10.2 Å². The van der Waals surface area contributed by atoms with Crippen LogP contribution < -0.4 is 10.1 Å². The lowest BCUT2D eigenvalue weighted by Crippen LogP contribution is -2.57. The summed E-state index contributed by atoms with van der Waals surface area (Å²) in [5.41, 5.74) is 1.60. The lowest BCUT2D eigenvalue weighted by Gasteiger charge is -2.34. The Hall–Kier alpha value is -3.35. The van der Waals surface area contributed by atoms with E-state index in [1.54, 1.807) is 24.3 Å². The summed E-state index contributed by atoms with van der Waals surface area (Å²) in [5.74, 6) is -0.555. The van der Waals surface area contributed by atoms with Gasteiger partial charge in [-0.2, -0.15) is 0 Å². The van der Waals surface area contributed by atoms with Crippen LogP contribution >= 0.6 is 0 Å². The first-order valence-electron chi connectivity index (χ1n) is 10.6. The number of hydrogen-bond donors (Lipinski definition) is 1. The smallest absolute Gasteiger partial charge is 0.308 e. The highest BCUT2D eigenvalue weighted by Crippen LogP contribution is 2.19. The topological polar surface area (TPSA) is 84.9 Å². The van der Waals surface area contributed by atoms with Gasteiger partial charge in [-0.15, -0.1) is 0 Å². The molecule has 1 aliphatic rings. The zero-order valence-corrected chi connectivity index (χ0v) is 17.7. The molecule has 1 saturated heterocycles. The van der Waals surface area contributed by atoms with Crippen molar-refractivity contribution in [3.63, 3.8) is 0 Å². The Bertz CT molecular complexity index is 900. The molecule has 7 heteroatoms. The van der Waals surface area contributed by atoms with Crippen LogP contribution in [0.5, 0.6) is 5.75 Å². The van der Waals surface area contributed by atoms with Gasteiger partial charge in [0, 0.05) is 18.7 Å². The minimum Gasteiger partial charge on any atom is -0.494 e. The average molecular weight is 424 g/mol. The maximum atomic E-state index is 13.0. The van der Waals surface area contributed by atoms with E-state index in [-0.39, 0.29) is 24.8 Å². The van der Waals surface area contributed by atoms with E-state index in [0.29, 0.717) is 37.4 Å². The number of rotatable bonds is 9. The van der Waals surface area contributed by atoms with Crippen molar-refractivity contribution in [3.05, 3.63) is 65.7 Å². The second-order valence-electron chi connectivity index (χ2n) is 7.28. The summed E-state index contributed by atoms with van der Waals surface area (Å²) in [5, 5.41) is 2.73. The molecular formula is C24H28N2O5. The van der Waals surface area contributed by atoms with Crippen molar-refractivity contribution >= 4 is 17.8 Å². The molecule has 2 aromatic rings. The quantitative estimate of drug-likeness (QED) is 0.494. The Morgan fingerprint density at radius 3 is 2.71 bits per heavy atom. The highest BCUT2D eigenvalue weighted by atomic mass is 16.5. The first kappa shape index (κ1) is 22.3. The predicted octanol–water partition coefficient (Wildman–Crippen LogP) is 2.59. The summed E-state index contributed by atoms with van der Waals surface area (Å²) in [4.78, 5) is 39.3. The van der Waals surface area contributed by atoms with E-state index in [2.05, 4.69) is 5.32 Å². The fourth-order valence-electron chi connectivity index (χ4n) is 3.54. The zero-order chi connectivity index (χ0) is 22.1. The van der Waals surface area contributed by atoms with Gasteiger partial charge in [-0.05, 0) is 43.5 Å². The number of ether oxygens (including phenoxy) is 2. The summed E-state index contributed by atoms with van der Waals surface area (Å²) >= 11 is 0. The Kier molecular flexibility index (Phi) is 8.04. The molecule has 0 aromatic heterocycles. The van der Waals surface area contributed by atoms with Gasteiger partial charge in [-0.25, -0.2) is 0 Å². The fourth-order valence-corrected chi connectivity index (χ4v) is 3.54. The molecule has 0 radical (unpaired) electrons. The molecule has 2 amide bonds. The molecule has 0 spiro atoms. The number of carbonyl (C=O) groups excluding carboxylic acids is 3. The first-order chi connectivity index (χ1) is 15.1. The number of benzene rings is 2. The van der Waals surface area contributed by atoms with Gasteiger partial charge in [0.15, 0.2) is 0 Å².